The largest absolute Gasteiger partial charge is 0.478 e. The smallest absolute Gasteiger partial charge is 0.337 e. The molecule has 0 aromatic heterocycles. The van der Waals surface area contributed by atoms with Crippen LogP contribution in [0.2, 0.25) is 5.02 Å². The number of hydrogen-bond acceptors (Lipinski definition) is 3. The summed E-state index contributed by atoms with van der Waals surface area (Å²) < 4.78 is 26.2. The Hall–Kier alpha value is -1.27. The second kappa shape index (κ2) is 5.38. The minimum absolute atomic E-state index is 0.0150. The first-order chi connectivity index (χ1) is 8.50. The Morgan fingerprint density at radius 1 is 1.37 bits per heavy atom. The zero-order chi connectivity index (χ0) is 14.8. The number of nitrogens with one attached hydrogen (secondary N) is 1. The van der Waals surface area contributed by atoms with Crippen LogP contribution in [-0.2, 0) is 10.0 Å². The van der Waals surface area contributed by atoms with E-state index in [1.54, 1.807) is 20.8 Å². The van der Waals surface area contributed by atoms with Crippen molar-refractivity contribution >= 4 is 33.3 Å². The molecule has 1 aromatic rings. The van der Waals surface area contributed by atoms with E-state index in [4.69, 9.17) is 16.7 Å². The molecule has 0 radical (unpaired) electrons. The zero-order valence-corrected chi connectivity index (χ0v) is 12.5. The first-order valence-electron chi connectivity index (χ1n) is 5.53. The van der Waals surface area contributed by atoms with E-state index in [2.05, 4.69) is 4.72 Å². The number of anilines is 1. The summed E-state index contributed by atoms with van der Waals surface area (Å²) >= 11 is 5.70. The molecule has 0 saturated carbocycles. The number of carboxylic acid groups (broad SMARTS) is 1. The van der Waals surface area contributed by atoms with E-state index in [0.29, 0.717) is 0 Å². The van der Waals surface area contributed by atoms with Crippen molar-refractivity contribution < 1.29 is 18.3 Å². The van der Waals surface area contributed by atoms with Gasteiger partial charge < -0.3 is 5.11 Å². The van der Waals surface area contributed by atoms with Gasteiger partial charge in [-0.15, -0.1) is 0 Å². The lowest BCUT2D eigenvalue weighted by Crippen LogP contribution is -2.26. The zero-order valence-electron chi connectivity index (χ0n) is 10.9. The number of sulfonamides is 1. The maximum atomic E-state index is 11.9. The van der Waals surface area contributed by atoms with E-state index in [0.717, 1.165) is 0 Å². The number of hydrogen-bond donors (Lipinski definition) is 2. The van der Waals surface area contributed by atoms with Crippen LogP contribution in [0.4, 0.5) is 5.69 Å². The Kier molecular flexibility index (Phi) is 4.47. The summed E-state index contributed by atoms with van der Waals surface area (Å²) in [5, 5.41) is 9.26. The van der Waals surface area contributed by atoms with E-state index in [1.165, 1.54) is 18.2 Å². The molecule has 1 rings (SSSR count). The molecular formula is C12H16ClNO4S. The monoisotopic (exact) mass is 305 g/mol. The summed E-state index contributed by atoms with van der Waals surface area (Å²) in [4.78, 5) is 11.1. The predicted molar refractivity (Wildman–Crippen MR) is 75.3 cm³/mol. The lowest BCUT2D eigenvalue weighted by atomic mass is 10.0. The molecule has 0 bridgehead atoms. The normalized spacial score (nSPS) is 12.2. The van der Waals surface area contributed by atoms with Crippen LogP contribution in [0.3, 0.4) is 0 Å². The lowest BCUT2D eigenvalue weighted by molar-refractivity contribution is 0.0698. The molecule has 7 heteroatoms. The molecule has 19 heavy (non-hydrogen) atoms. The maximum Gasteiger partial charge on any atom is 0.337 e. The summed E-state index contributed by atoms with van der Waals surface area (Å²) in [5.74, 6) is -1.35. The van der Waals surface area contributed by atoms with Crippen molar-refractivity contribution in [3.63, 3.8) is 0 Å². The average molecular weight is 306 g/mol. The fourth-order valence-corrected chi connectivity index (χ4v) is 3.45. The number of aromatic carboxylic acids is 1. The van der Waals surface area contributed by atoms with E-state index < -0.39 is 21.4 Å². The summed E-state index contributed by atoms with van der Waals surface area (Å²) in [5.41, 5.74) is -0.590. The molecule has 0 amide bonds. The highest BCUT2D eigenvalue weighted by atomic mass is 35.5. The number of carboxylic acids is 1. The Bertz CT molecular complexity index is 590. The van der Waals surface area contributed by atoms with Gasteiger partial charge in [-0.2, -0.15) is 0 Å². The first kappa shape index (κ1) is 15.8. The Balaban J connectivity index is 3.10. The lowest BCUT2D eigenvalue weighted by Gasteiger charge is -2.19. The predicted octanol–water partition coefficient (Wildman–Crippen LogP) is 2.83. The molecule has 0 aliphatic rings. The minimum Gasteiger partial charge on any atom is -0.478 e. The van der Waals surface area contributed by atoms with Gasteiger partial charge in [0.1, 0.15) is 0 Å². The molecule has 0 aliphatic carbocycles. The van der Waals surface area contributed by atoms with Gasteiger partial charge in [0.15, 0.2) is 0 Å². The van der Waals surface area contributed by atoms with E-state index in [1.807, 2.05) is 0 Å². The number of rotatable bonds is 4. The molecule has 0 unspecified atom stereocenters. The molecule has 2 N–H and O–H groups in total. The van der Waals surface area contributed by atoms with Gasteiger partial charge in [0.25, 0.3) is 0 Å². The number of benzene rings is 1. The van der Waals surface area contributed by atoms with Crippen LogP contribution >= 0.6 is 11.6 Å². The third kappa shape index (κ3) is 5.08. The van der Waals surface area contributed by atoms with Crippen molar-refractivity contribution in [1.82, 2.24) is 0 Å². The van der Waals surface area contributed by atoms with Crippen LogP contribution in [0.5, 0.6) is 0 Å². The van der Waals surface area contributed by atoms with Crippen molar-refractivity contribution in [3.05, 3.63) is 28.8 Å². The van der Waals surface area contributed by atoms with Gasteiger partial charge in [-0.1, -0.05) is 32.4 Å². The molecule has 0 atom stereocenters. The second-order valence-electron chi connectivity index (χ2n) is 5.42. The topological polar surface area (TPSA) is 83.5 Å². The Labute approximate surface area is 117 Å². The van der Waals surface area contributed by atoms with E-state index >= 15 is 0 Å². The van der Waals surface area contributed by atoms with Crippen molar-refractivity contribution in [2.24, 2.45) is 5.41 Å². The minimum atomic E-state index is -3.62. The fourth-order valence-electron chi connectivity index (χ4n) is 1.56. The maximum absolute atomic E-state index is 11.9. The van der Waals surface area contributed by atoms with Gasteiger partial charge in [-0.05, 0) is 23.6 Å². The summed E-state index contributed by atoms with van der Waals surface area (Å²) in [6, 6.07) is 3.98. The molecular weight excluding hydrogens is 290 g/mol. The third-order valence-electron chi connectivity index (χ3n) is 2.10. The van der Waals surface area contributed by atoms with Gasteiger partial charge >= 0.3 is 5.97 Å². The van der Waals surface area contributed by atoms with Crippen LogP contribution in [-0.4, -0.2) is 25.2 Å². The van der Waals surface area contributed by atoms with Crippen LogP contribution in [0.1, 0.15) is 31.1 Å². The standard InChI is InChI=1S/C12H16ClNO4S/c1-12(2,3)7-19(17,18)14-10-5-4-8(13)6-9(10)11(15)16/h4-6,14H,7H2,1-3H3,(H,15,16). The van der Waals surface area contributed by atoms with Crippen molar-refractivity contribution in [2.75, 3.05) is 10.5 Å². The summed E-state index contributed by atoms with van der Waals surface area (Å²) in [6.07, 6.45) is 0. The van der Waals surface area contributed by atoms with Crippen molar-refractivity contribution in [2.45, 2.75) is 20.8 Å². The molecule has 0 saturated heterocycles. The fraction of sp³-hybridized carbons (Fsp3) is 0.417. The van der Waals surface area contributed by atoms with Gasteiger partial charge in [-0.25, -0.2) is 13.2 Å². The SMILES string of the molecule is CC(C)(C)CS(=O)(=O)Nc1ccc(Cl)cc1C(=O)O. The average Bonchev–Trinajstić information content (AvgIpc) is 2.16. The molecule has 0 spiro atoms. The van der Waals surface area contributed by atoms with Crippen LogP contribution < -0.4 is 4.72 Å². The second-order valence-corrected chi connectivity index (χ2v) is 7.58. The summed E-state index contributed by atoms with van der Waals surface area (Å²) in [6.45, 7) is 5.35. The molecule has 106 valence electrons. The summed E-state index contributed by atoms with van der Waals surface area (Å²) in [7, 11) is -3.62. The Morgan fingerprint density at radius 2 is 1.95 bits per heavy atom. The first-order valence-corrected chi connectivity index (χ1v) is 7.56. The molecule has 0 fully saturated rings. The molecule has 0 heterocycles. The van der Waals surface area contributed by atoms with Crippen LogP contribution in [0, 0.1) is 5.41 Å². The Morgan fingerprint density at radius 3 is 2.42 bits per heavy atom. The van der Waals surface area contributed by atoms with Crippen LogP contribution in [0.15, 0.2) is 18.2 Å². The van der Waals surface area contributed by atoms with E-state index in [9.17, 15) is 13.2 Å². The van der Waals surface area contributed by atoms with E-state index in [-0.39, 0.29) is 22.0 Å². The van der Waals surface area contributed by atoms with Gasteiger partial charge in [0.05, 0.1) is 17.0 Å². The van der Waals surface area contributed by atoms with Crippen molar-refractivity contribution in [1.29, 1.82) is 0 Å². The molecule has 0 aliphatic heterocycles. The third-order valence-corrected chi connectivity index (χ3v) is 4.11. The highest BCUT2D eigenvalue weighted by Gasteiger charge is 2.23. The van der Waals surface area contributed by atoms with Gasteiger partial charge in [-0.3, -0.25) is 4.72 Å². The van der Waals surface area contributed by atoms with Gasteiger partial charge in [0, 0.05) is 5.02 Å². The highest BCUT2D eigenvalue weighted by Crippen LogP contribution is 2.24. The number of carbonyl (C=O) groups is 1. The molecule has 1 aromatic carbocycles. The highest BCUT2D eigenvalue weighted by molar-refractivity contribution is 7.92. The molecule has 5 nitrogen and oxygen atoms in total. The quantitative estimate of drug-likeness (QED) is 0.896. The van der Waals surface area contributed by atoms with Gasteiger partial charge in [0.2, 0.25) is 10.0 Å². The number of halogens is 1. The van der Waals surface area contributed by atoms with Crippen LogP contribution in [0.25, 0.3) is 0 Å². The van der Waals surface area contributed by atoms with Crippen molar-refractivity contribution in [3.8, 4) is 0 Å².